The molecule has 0 aromatic carbocycles. The second-order valence-corrected chi connectivity index (χ2v) is 6.57. The summed E-state index contributed by atoms with van der Waals surface area (Å²) in [5.41, 5.74) is 0. The molecular formula is C17H26N2O3. The van der Waals surface area contributed by atoms with Crippen LogP contribution in [0.15, 0.2) is 16.5 Å². The maximum Gasteiger partial charge on any atom is 0.237 e. The monoisotopic (exact) mass is 306 g/mol. The van der Waals surface area contributed by atoms with E-state index in [4.69, 9.17) is 4.42 Å². The topological polar surface area (TPSA) is 56.9 Å². The van der Waals surface area contributed by atoms with Crippen LogP contribution in [0.1, 0.15) is 43.6 Å². The van der Waals surface area contributed by atoms with Crippen LogP contribution in [0, 0.1) is 6.92 Å². The standard InChI is InChI=1S/C17H26N2O3/c1-13-5-8-16(22-13)10-19(14-6-7-14)17(21)11-18-9-3-2-4-15(18)12-20/h5,8,14-15,20H,2-4,6-7,9-12H2,1H3/t15-/m1/s1. The molecule has 5 nitrogen and oxygen atoms in total. The number of hydrogen-bond donors (Lipinski definition) is 1. The molecule has 1 atom stereocenters. The second kappa shape index (κ2) is 6.84. The number of nitrogens with zero attached hydrogens (tertiary/aromatic N) is 2. The van der Waals surface area contributed by atoms with Gasteiger partial charge in [-0.2, -0.15) is 0 Å². The van der Waals surface area contributed by atoms with Gasteiger partial charge in [0.25, 0.3) is 0 Å². The summed E-state index contributed by atoms with van der Waals surface area (Å²) in [5, 5.41) is 9.49. The molecule has 0 spiro atoms. The third-order valence-corrected chi connectivity index (χ3v) is 4.73. The molecule has 3 rings (SSSR count). The normalized spacial score (nSPS) is 22.7. The van der Waals surface area contributed by atoms with E-state index in [1.807, 2.05) is 24.0 Å². The van der Waals surface area contributed by atoms with Gasteiger partial charge in [-0.25, -0.2) is 0 Å². The van der Waals surface area contributed by atoms with Gasteiger partial charge in [-0.15, -0.1) is 0 Å². The number of aliphatic hydroxyl groups excluding tert-OH is 1. The maximum atomic E-state index is 12.7. The Morgan fingerprint density at radius 3 is 2.82 bits per heavy atom. The van der Waals surface area contributed by atoms with Gasteiger partial charge < -0.3 is 14.4 Å². The first-order valence-electron chi connectivity index (χ1n) is 8.37. The molecule has 0 bridgehead atoms. The highest BCUT2D eigenvalue weighted by atomic mass is 16.3. The van der Waals surface area contributed by atoms with Crippen LogP contribution in [0.3, 0.4) is 0 Å². The number of amides is 1. The van der Waals surface area contributed by atoms with Crippen molar-refractivity contribution < 1.29 is 14.3 Å². The lowest BCUT2D eigenvalue weighted by atomic mass is 10.0. The van der Waals surface area contributed by atoms with Crippen LogP contribution in [0.2, 0.25) is 0 Å². The third-order valence-electron chi connectivity index (χ3n) is 4.73. The fraction of sp³-hybridized carbons (Fsp3) is 0.706. The van der Waals surface area contributed by atoms with Gasteiger partial charge in [-0.3, -0.25) is 9.69 Å². The van der Waals surface area contributed by atoms with E-state index in [9.17, 15) is 9.90 Å². The highest BCUT2D eigenvalue weighted by Crippen LogP contribution is 2.29. The Balaban J connectivity index is 1.62. The van der Waals surface area contributed by atoms with Crippen LogP contribution in [-0.2, 0) is 11.3 Å². The minimum absolute atomic E-state index is 0.143. The van der Waals surface area contributed by atoms with Crippen LogP contribution < -0.4 is 0 Å². The van der Waals surface area contributed by atoms with E-state index in [0.29, 0.717) is 19.1 Å². The molecule has 22 heavy (non-hydrogen) atoms. The second-order valence-electron chi connectivity index (χ2n) is 6.57. The number of piperidine rings is 1. The molecule has 1 aromatic rings. The quantitative estimate of drug-likeness (QED) is 0.872. The van der Waals surface area contributed by atoms with Gasteiger partial charge in [-0.1, -0.05) is 6.42 Å². The molecule has 122 valence electrons. The molecular weight excluding hydrogens is 280 g/mol. The number of hydrogen-bond acceptors (Lipinski definition) is 4. The molecule has 1 aliphatic heterocycles. The van der Waals surface area contributed by atoms with Crippen LogP contribution in [0.5, 0.6) is 0 Å². The molecule has 0 unspecified atom stereocenters. The summed E-state index contributed by atoms with van der Waals surface area (Å²) >= 11 is 0. The molecule has 0 radical (unpaired) electrons. The van der Waals surface area contributed by atoms with Gasteiger partial charge in [0.05, 0.1) is 19.7 Å². The Bertz CT molecular complexity index is 510. The number of likely N-dealkylation sites (tertiary alicyclic amines) is 1. The number of aryl methyl sites for hydroxylation is 1. The van der Waals surface area contributed by atoms with Crippen LogP contribution in [0.4, 0.5) is 0 Å². The Morgan fingerprint density at radius 2 is 2.18 bits per heavy atom. The fourth-order valence-electron chi connectivity index (χ4n) is 3.28. The lowest BCUT2D eigenvalue weighted by Crippen LogP contribution is -2.48. The van der Waals surface area contributed by atoms with Gasteiger partial charge in [0.2, 0.25) is 5.91 Å². The Hall–Kier alpha value is -1.33. The molecule has 2 aliphatic rings. The maximum absolute atomic E-state index is 12.7. The number of carbonyl (C=O) groups excluding carboxylic acids is 1. The first kappa shape index (κ1) is 15.6. The van der Waals surface area contributed by atoms with Crippen LogP contribution in [-0.4, -0.2) is 52.6 Å². The summed E-state index contributed by atoms with van der Waals surface area (Å²) in [6, 6.07) is 4.41. The summed E-state index contributed by atoms with van der Waals surface area (Å²) < 4.78 is 5.63. The van der Waals surface area contributed by atoms with E-state index < -0.39 is 0 Å². The number of rotatable bonds is 6. The van der Waals surface area contributed by atoms with Crippen molar-refractivity contribution >= 4 is 5.91 Å². The van der Waals surface area contributed by atoms with Crippen molar-refractivity contribution in [1.29, 1.82) is 0 Å². The highest BCUT2D eigenvalue weighted by molar-refractivity contribution is 5.79. The third kappa shape index (κ3) is 3.70. The predicted octanol–water partition coefficient (Wildman–Crippen LogP) is 1.93. The zero-order valence-electron chi connectivity index (χ0n) is 13.3. The summed E-state index contributed by atoms with van der Waals surface area (Å²) in [6.07, 6.45) is 5.44. The van der Waals surface area contributed by atoms with Gasteiger partial charge in [0, 0.05) is 12.1 Å². The summed E-state index contributed by atoms with van der Waals surface area (Å²) in [7, 11) is 0. The summed E-state index contributed by atoms with van der Waals surface area (Å²) in [4.78, 5) is 16.8. The zero-order valence-corrected chi connectivity index (χ0v) is 13.3. The Kier molecular flexibility index (Phi) is 4.84. The van der Waals surface area contributed by atoms with Crippen LogP contribution >= 0.6 is 0 Å². The first-order valence-corrected chi connectivity index (χ1v) is 8.37. The van der Waals surface area contributed by atoms with Crippen molar-refractivity contribution in [3.05, 3.63) is 23.7 Å². The van der Waals surface area contributed by atoms with Crippen molar-refractivity contribution in [3.63, 3.8) is 0 Å². The molecule has 2 fully saturated rings. The average Bonchev–Trinajstić information content (AvgIpc) is 3.27. The van der Waals surface area contributed by atoms with Crippen molar-refractivity contribution in [2.45, 2.75) is 57.7 Å². The van der Waals surface area contributed by atoms with Gasteiger partial charge in [0.1, 0.15) is 11.5 Å². The number of aliphatic hydroxyl groups is 1. The van der Waals surface area contributed by atoms with Crippen molar-refractivity contribution in [2.75, 3.05) is 19.7 Å². The minimum Gasteiger partial charge on any atom is -0.464 e. The zero-order chi connectivity index (χ0) is 15.5. The van der Waals surface area contributed by atoms with Crippen molar-refractivity contribution in [1.82, 2.24) is 9.80 Å². The highest BCUT2D eigenvalue weighted by Gasteiger charge is 2.34. The molecule has 1 amide bonds. The Labute approximate surface area is 131 Å². The van der Waals surface area contributed by atoms with E-state index in [-0.39, 0.29) is 18.6 Å². The average molecular weight is 306 g/mol. The molecule has 1 aliphatic carbocycles. The molecule has 1 aromatic heterocycles. The van der Waals surface area contributed by atoms with Crippen molar-refractivity contribution in [2.24, 2.45) is 0 Å². The van der Waals surface area contributed by atoms with E-state index >= 15 is 0 Å². The summed E-state index contributed by atoms with van der Waals surface area (Å²) in [6.45, 7) is 3.96. The van der Waals surface area contributed by atoms with E-state index in [1.54, 1.807) is 0 Å². The lowest BCUT2D eigenvalue weighted by Gasteiger charge is -2.35. The van der Waals surface area contributed by atoms with Gasteiger partial charge in [-0.05, 0) is 51.3 Å². The molecule has 1 saturated carbocycles. The lowest BCUT2D eigenvalue weighted by molar-refractivity contribution is -0.135. The molecule has 2 heterocycles. The SMILES string of the molecule is Cc1ccc(CN(C(=O)CN2CCCC[C@@H]2CO)C2CC2)o1. The van der Waals surface area contributed by atoms with Crippen molar-refractivity contribution in [3.8, 4) is 0 Å². The number of furan rings is 1. The largest absolute Gasteiger partial charge is 0.464 e. The van der Waals surface area contributed by atoms with E-state index in [0.717, 1.165) is 50.2 Å². The number of carbonyl (C=O) groups is 1. The van der Waals surface area contributed by atoms with Gasteiger partial charge in [0.15, 0.2) is 0 Å². The van der Waals surface area contributed by atoms with E-state index in [1.165, 1.54) is 0 Å². The van der Waals surface area contributed by atoms with Gasteiger partial charge >= 0.3 is 0 Å². The first-order chi connectivity index (χ1) is 10.7. The predicted molar refractivity (Wildman–Crippen MR) is 83.3 cm³/mol. The Morgan fingerprint density at radius 1 is 1.36 bits per heavy atom. The minimum atomic E-state index is 0.143. The smallest absolute Gasteiger partial charge is 0.237 e. The fourth-order valence-corrected chi connectivity index (χ4v) is 3.28. The van der Waals surface area contributed by atoms with Crippen LogP contribution in [0.25, 0.3) is 0 Å². The summed E-state index contributed by atoms with van der Waals surface area (Å²) in [5.74, 6) is 1.90. The van der Waals surface area contributed by atoms with E-state index in [2.05, 4.69) is 4.90 Å². The molecule has 5 heteroatoms. The molecule has 1 saturated heterocycles. The molecule has 1 N–H and O–H groups in total.